The minimum atomic E-state index is -0.174. The van der Waals surface area contributed by atoms with Crippen molar-refractivity contribution >= 4 is 29.0 Å². The predicted molar refractivity (Wildman–Crippen MR) is 70.8 cm³/mol. The third-order valence-electron chi connectivity index (χ3n) is 2.64. The van der Waals surface area contributed by atoms with Gasteiger partial charge in [0.05, 0.1) is 6.04 Å². The van der Waals surface area contributed by atoms with E-state index in [1.807, 2.05) is 24.9 Å². The average Bonchev–Trinajstić information content (AvgIpc) is 2.30. The van der Waals surface area contributed by atoms with E-state index >= 15 is 0 Å². The van der Waals surface area contributed by atoms with E-state index in [0.29, 0.717) is 16.6 Å². The molecule has 94 valence electrons. The number of nitrogens with two attached hydrogens (primary N) is 1. The second kappa shape index (κ2) is 6.10. The lowest BCUT2D eigenvalue weighted by Crippen LogP contribution is -2.40. The number of hydrogen-bond donors (Lipinski definition) is 2. The van der Waals surface area contributed by atoms with Gasteiger partial charge in [-0.2, -0.15) is 0 Å². The number of likely N-dealkylation sites (N-methyl/N-ethyl adjacent to an activating group) is 1. The maximum Gasteiger partial charge on any atom is 0.156 e. The van der Waals surface area contributed by atoms with Crippen LogP contribution in [-0.2, 0) is 6.54 Å². The molecule has 0 spiro atoms. The molecule has 1 aromatic carbocycles. The third-order valence-corrected chi connectivity index (χ3v) is 3.23. The molecule has 1 unspecified atom stereocenters. The molecule has 1 rings (SSSR count). The van der Waals surface area contributed by atoms with Gasteiger partial charge < -0.3 is 10.9 Å². The highest BCUT2D eigenvalue weighted by molar-refractivity contribution is 6.35. The van der Waals surface area contributed by atoms with Crippen molar-refractivity contribution in [2.24, 2.45) is 10.9 Å². The zero-order valence-electron chi connectivity index (χ0n) is 9.69. The Labute approximate surface area is 111 Å². The Morgan fingerprint density at radius 2 is 2.18 bits per heavy atom. The lowest BCUT2D eigenvalue weighted by atomic mass is 10.2. The largest absolute Gasteiger partial charge is 0.409 e. The van der Waals surface area contributed by atoms with Gasteiger partial charge in [-0.15, -0.1) is 0 Å². The summed E-state index contributed by atoms with van der Waals surface area (Å²) in [6.45, 7) is 2.44. The van der Waals surface area contributed by atoms with Gasteiger partial charge in [0.2, 0.25) is 0 Å². The van der Waals surface area contributed by atoms with Gasteiger partial charge in [-0.3, -0.25) is 4.90 Å². The molecular weight excluding hydrogens is 261 g/mol. The number of nitrogens with zero attached hydrogens (tertiary/aromatic N) is 2. The summed E-state index contributed by atoms with van der Waals surface area (Å²) in [4.78, 5) is 1.92. The molecule has 0 amide bonds. The van der Waals surface area contributed by atoms with Crippen molar-refractivity contribution in [2.45, 2.75) is 19.5 Å². The van der Waals surface area contributed by atoms with Crippen LogP contribution in [0.25, 0.3) is 0 Å². The fourth-order valence-electron chi connectivity index (χ4n) is 1.36. The van der Waals surface area contributed by atoms with Crippen LogP contribution in [0.1, 0.15) is 12.5 Å². The first-order chi connectivity index (χ1) is 7.95. The summed E-state index contributed by atoms with van der Waals surface area (Å²) in [5, 5.41) is 12.8. The Morgan fingerprint density at radius 1 is 1.53 bits per heavy atom. The lowest BCUT2D eigenvalue weighted by Gasteiger charge is -2.23. The van der Waals surface area contributed by atoms with E-state index in [2.05, 4.69) is 5.16 Å². The monoisotopic (exact) mass is 275 g/mol. The summed E-state index contributed by atoms with van der Waals surface area (Å²) >= 11 is 11.9. The molecule has 0 bridgehead atoms. The second-order valence-corrected chi connectivity index (χ2v) is 4.70. The summed E-state index contributed by atoms with van der Waals surface area (Å²) in [6, 6.07) is 5.16. The smallest absolute Gasteiger partial charge is 0.156 e. The molecule has 3 N–H and O–H groups in total. The highest BCUT2D eigenvalue weighted by Crippen LogP contribution is 2.22. The van der Waals surface area contributed by atoms with E-state index in [0.717, 1.165) is 5.56 Å². The van der Waals surface area contributed by atoms with E-state index in [9.17, 15) is 0 Å². The number of halogens is 2. The molecule has 0 aliphatic rings. The minimum Gasteiger partial charge on any atom is -0.409 e. The predicted octanol–water partition coefficient (Wildman–Crippen LogP) is 2.56. The highest BCUT2D eigenvalue weighted by atomic mass is 35.5. The fourth-order valence-corrected chi connectivity index (χ4v) is 1.83. The normalized spacial score (nSPS) is 14.1. The molecule has 0 radical (unpaired) electrons. The number of amidine groups is 1. The van der Waals surface area contributed by atoms with Gasteiger partial charge in [-0.1, -0.05) is 34.4 Å². The SMILES string of the molecule is CC(C(N)=NO)N(C)Cc1ccc(Cl)cc1Cl. The topological polar surface area (TPSA) is 61.9 Å². The van der Waals surface area contributed by atoms with Crippen molar-refractivity contribution in [1.29, 1.82) is 0 Å². The van der Waals surface area contributed by atoms with Crippen LogP contribution in [0.4, 0.5) is 0 Å². The molecule has 0 heterocycles. The van der Waals surface area contributed by atoms with Crippen LogP contribution >= 0.6 is 23.2 Å². The Morgan fingerprint density at radius 3 is 2.71 bits per heavy atom. The standard InChI is InChI=1S/C11H15Cl2N3O/c1-7(11(14)15-17)16(2)6-8-3-4-9(12)5-10(8)13/h3-5,7,17H,6H2,1-2H3,(H2,14,15). The minimum absolute atomic E-state index is 0.164. The van der Waals surface area contributed by atoms with E-state index in [1.165, 1.54) is 0 Å². The maximum atomic E-state index is 8.60. The molecule has 0 fully saturated rings. The Hall–Kier alpha value is -0.970. The summed E-state index contributed by atoms with van der Waals surface area (Å²) in [7, 11) is 1.87. The van der Waals surface area contributed by atoms with Crippen LogP contribution in [0.3, 0.4) is 0 Å². The molecule has 0 aliphatic heterocycles. The molecule has 1 atom stereocenters. The third kappa shape index (κ3) is 3.77. The zero-order valence-corrected chi connectivity index (χ0v) is 11.2. The molecule has 17 heavy (non-hydrogen) atoms. The quantitative estimate of drug-likeness (QED) is 0.384. The molecule has 1 aromatic rings. The van der Waals surface area contributed by atoms with Gasteiger partial charge in [-0.05, 0) is 31.7 Å². The van der Waals surface area contributed by atoms with Crippen molar-refractivity contribution < 1.29 is 5.21 Å². The van der Waals surface area contributed by atoms with Gasteiger partial charge in [0.15, 0.2) is 5.84 Å². The fraction of sp³-hybridized carbons (Fsp3) is 0.364. The van der Waals surface area contributed by atoms with Crippen molar-refractivity contribution in [1.82, 2.24) is 4.90 Å². The Balaban J connectivity index is 2.77. The molecule has 4 nitrogen and oxygen atoms in total. The number of rotatable bonds is 4. The maximum absolute atomic E-state index is 8.60. The van der Waals surface area contributed by atoms with Gasteiger partial charge >= 0.3 is 0 Å². The zero-order chi connectivity index (χ0) is 13.0. The summed E-state index contributed by atoms with van der Waals surface area (Å²) < 4.78 is 0. The van der Waals surface area contributed by atoms with Crippen LogP contribution in [0.15, 0.2) is 23.4 Å². The molecule has 0 saturated carbocycles. The summed E-state index contributed by atoms with van der Waals surface area (Å²) in [6.07, 6.45) is 0. The van der Waals surface area contributed by atoms with Gasteiger partial charge in [0, 0.05) is 16.6 Å². The van der Waals surface area contributed by atoms with E-state index in [-0.39, 0.29) is 11.9 Å². The number of hydrogen-bond acceptors (Lipinski definition) is 3. The first kappa shape index (κ1) is 14.1. The van der Waals surface area contributed by atoms with Crippen LogP contribution in [-0.4, -0.2) is 29.0 Å². The Bertz CT molecular complexity index is 423. The first-order valence-corrected chi connectivity index (χ1v) is 5.83. The molecular formula is C11H15Cl2N3O. The van der Waals surface area contributed by atoms with Crippen molar-refractivity contribution in [3.8, 4) is 0 Å². The van der Waals surface area contributed by atoms with Gasteiger partial charge in [0.25, 0.3) is 0 Å². The summed E-state index contributed by atoms with van der Waals surface area (Å²) in [5.74, 6) is 0.164. The van der Waals surface area contributed by atoms with E-state index < -0.39 is 0 Å². The van der Waals surface area contributed by atoms with E-state index in [1.54, 1.807) is 12.1 Å². The molecule has 6 heteroatoms. The van der Waals surface area contributed by atoms with Gasteiger partial charge in [0.1, 0.15) is 0 Å². The van der Waals surface area contributed by atoms with Crippen LogP contribution in [0, 0.1) is 0 Å². The summed E-state index contributed by atoms with van der Waals surface area (Å²) in [5.41, 5.74) is 6.48. The number of oxime groups is 1. The van der Waals surface area contributed by atoms with Crippen molar-refractivity contribution in [3.05, 3.63) is 33.8 Å². The number of benzene rings is 1. The molecule has 0 aromatic heterocycles. The van der Waals surface area contributed by atoms with Crippen LogP contribution in [0.5, 0.6) is 0 Å². The average molecular weight is 276 g/mol. The second-order valence-electron chi connectivity index (χ2n) is 3.85. The lowest BCUT2D eigenvalue weighted by molar-refractivity contribution is 0.279. The van der Waals surface area contributed by atoms with Crippen molar-refractivity contribution in [2.75, 3.05) is 7.05 Å². The molecule has 0 aliphatic carbocycles. The molecule has 0 saturated heterocycles. The van der Waals surface area contributed by atoms with Crippen molar-refractivity contribution in [3.63, 3.8) is 0 Å². The van der Waals surface area contributed by atoms with Crippen LogP contribution in [0.2, 0.25) is 10.0 Å². The first-order valence-electron chi connectivity index (χ1n) is 5.07. The Kier molecular flexibility index (Phi) is 5.05. The highest BCUT2D eigenvalue weighted by Gasteiger charge is 2.15. The van der Waals surface area contributed by atoms with Crippen LogP contribution < -0.4 is 5.73 Å². The van der Waals surface area contributed by atoms with Gasteiger partial charge in [-0.25, -0.2) is 0 Å². The van der Waals surface area contributed by atoms with E-state index in [4.69, 9.17) is 34.1 Å².